The van der Waals surface area contributed by atoms with E-state index in [0.717, 1.165) is 34.2 Å². The highest BCUT2D eigenvalue weighted by Gasteiger charge is 2.44. The van der Waals surface area contributed by atoms with Gasteiger partial charge in [0.15, 0.2) is 11.6 Å². The molecule has 44 heavy (non-hydrogen) atoms. The lowest BCUT2D eigenvalue weighted by molar-refractivity contribution is -0.132. The van der Waals surface area contributed by atoms with Crippen LogP contribution in [0.15, 0.2) is 73.1 Å². The van der Waals surface area contributed by atoms with E-state index in [1.807, 2.05) is 19.9 Å². The number of benzene rings is 2. The molecule has 10 nitrogen and oxygen atoms in total. The van der Waals surface area contributed by atoms with Crippen molar-refractivity contribution in [2.45, 2.75) is 33.7 Å². The van der Waals surface area contributed by atoms with Crippen molar-refractivity contribution in [1.82, 2.24) is 14.9 Å². The van der Waals surface area contributed by atoms with Crippen LogP contribution in [-0.4, -0.2) is 45.3 Å². The molecule has 1 aliphatic rings. The van der Waals surface area contributed by atoms with Crippen LogP contribution < -0.4 is 20.3 Å². The second kappa shape index (κ2) is 12.5. The van der Waals surface area contributed by atoms with E-state index in [2.05, 4.69) is 20.6 Å². The summed E-state index contributed by atoms with van der Waals surface area (Å²) in [5.41, 5.74) is 2.34. The molecule has 12 heteroatoms. The first-order valence-electron chi connectivity index (χ1n) is 13.8. The molecular weight excluding hydrogens is 570 g/mol. The fourth-order valence-corrected chi connectivity index (χ4v) is 4.57. The molecule has 2 aromatic carbocycles. The van der Waals surface area contributed by atoms with Gasteiger partial charge in [-0.05, 0) is 87.4 Å². The van der Waals surface area contributed by atoms with Gasteiger partial charge in [-0.15, -0.1) is 0 Å². The number of pyridine rings is 2. The molecule has 0 radical (unpaired) electrons. The van der Waals surface area contributed by atoms with Crippen LogP contribution in [0.5, 0.6) is 11.5 Å². The van der Waals surface area contributed by atoms with Crippen molar-refractivity contribution in [2.24, 2.45) is 5.92 Å². The Balaban J connectivity index is 1.29. The summed E-state index contributed by atoms with van der Waals surface area (Å²) in [6, 6.07) is 12.8. The van der Waals surface area contributed by atoms with E-state index in [1.54, 1.807) is 32.2 Å². The van der Waals surface area contributed by atoms with Gasteiger partial charge in [-0.1, -0.05) is 0 Å². The number of halogens is 2. The Labute approximate surface area is 252 Å². The molecule has 5 rings (SSSR count). The van der Waals surface area contributed by atoms with Gasteiger partial charge in [-0.25, -0.2) is 28.4 Å². The minimum atomic E-state index is -1.28. The number of urea groups is 1. The third kappa shape index (κ3) is 6.48. The fraction of sp³-hybridized carbons (Fsp3) is 0.219. The van der Waals surface area contributed by atoms with Gasteiger partial charge < -0.3 is 20.3 Å². The quantitative estimate of drug-likeness (QED) is 0.227. The molecule has 4 amide bonds. The number of amides is 4. The Hall–Kier alpha value is -5.39. The van der Waals surface area contributed by atoms with Crippen molar-refractivity contribution >= 4 is 40.9 Å². The van der Waals surface area contributed by atoms with Gasteiger partial charge in [0.25, 0.3) is 0 Å². The highest BCUT2D eigenvalue weighted by molar-refractivity contribution is 6.23. The van der Waals surface area contributed by atoms with E-state index in [4.69, 9.17) is 4.74 Å². The van der Waals surface area contributed by atoms with Gasteiger partial charge >= 0.3 is 6.03 Å². The SMILES string of the molecule is Cc1cnc(Nc2cc(Oc3ccc(NC(=O)C4CN(C(C)C)C(=O)N(c5ccc(F)cc5)C4=O)cc3F)ccn2)cc1C. The summed E-state index contributed by atoms with van der Waals surface area (Å²) in [5, 5.41) is 5.66. The van der Waals surface area contributed by atoms with Crippen LogP contribution in [-0.2, 0) is 9.59 Å². The van der Waals surface area contributed by atoms with Crippen molar-refractivity contribution in [2.75, 3.05) is 22.1 Å². The number of nitrogens with one attached hydrogen (secondary N) is 2. The maximum absolute atomic E-state index is 15.1. The normalized spacial score (nSPS) is 15.0. The summed E-state index contributed by atoms with van der Waals surface area (Å²) in [6.07, 6.45) is 3.26. The second-order valence-electron chi connectivity index (χ2n) is 10.6. The lowest BCUT2D eigenvalue weighted by Crippen LogP contribution is -2.61. The number of aromatic nitrogens is 2. The first-order chi connectivity index (χ1) is 21.0. The van der Waals surface area contributed by atoms with Crippen molar-refractivity contribution < 1.29 is 27.9 Å². The first-order valence-corrected chi connectivity index (χ1v) is 13.8. The third-order valence-corrected chi connectivity index (χ3v) is 7.15. The number of carbonyl (C=O) groups is 3. The van der Waals surface area contributed by atoms with Gasteiger partial charge in [0.2, 0.25) is 11.8 Å². The standard InChI is InChI=1S/C32H30F2N6O4/c1-18(2)39-17-25(31(42)40(32(39)43)23-8-5-21(33)6-9-23)30(41)37-22-7-10-27(26(34)14-22)44-24-11-12-35-29(15-24)38-28-13-19(3)20(4)16-36-28/h5-16,18,25H,17H2,1-4H3,(H,37,41)(H,35,36,38). The molecule has 226 valence electrons. The number of imide groups is 1. The molecule has 1 unspecified atom stereocenters. The summed E-state index contributed by atoms with van der Waals surface area (Å²) in [5.74, 6) is -2.81. The predicted molar refractivity (Wildman–Crippen MR) is 161 cm³/mol. The molecule has 0 aliphatic carbocycles. The lowest BCUT2D eigenvalue weighted by Gasteiger charge is -2.39. The van der Waals surface area contributed by atoms with Crippen molar-refractivity contribution in [3.63, 3.8) is 0 Å². The highest BCUT2D eigenvalue weighted by atomic mass is 19.1. The maximum atomic E-state index is 15.1. The lowest BCUT2D eigenvalue weighted by atomic mass is 10.0. The molecule has 1 fully saturated rings. The Morgan fingerprint density at radius 1 is 0.955 bits per heavy atom. The smallest absolute Gasteiger partial charge is 0.331 e. The summed E-state index contributed by atoms with van der Waals surface area (Å²) < 4.78 is 34.3. The highest BCUT2D eigenvalue weighted by Crippen LogP contribution is 2.30. The van der Waals surface area contributed by atoms with E-state index < -0.39 is 35.4 Å². The van der Waals surface area contributed by atoms with Gasteiger partial charge in [-0.2, -0.15) is 0 Å². The minimum Gasteiger partial charge on any atom is -0.454 e. The largest absolute Gasteiger partial charge is 0.454 e. The van der Waals surface area contributed by atoms with Crippen molar-refractivity contribution in [3.8, 4) is 11.5 Å². The molecule has 1 aliphatic heterocycles. The minimum absolute atomic E-state index is 0.0897. The number of nitrogens with zero attached hydrogens (tertiary/aromatic N) is 4. The number of aryl methyl sites for hydroxylation is 2. The van der Waals surface area contributed by atoms with E-state index in [1.165, 1.54) is 35.4 Å². The van der Waals surface area contributed by atoms with Crippen molar-refractivity contribution in [3.05, 3.63) is 95.8 Å². The molecule has 1 atom stereocenters. The summed E-state index contributed by atoms with van der Waals surface area (Å²) in [7, 11) is 0. The summed E-state index contributed by atoms with van der Waals surface area (Å²) in [4.78, 5) is 50.5. The second-order valence-corrected chi connectivity index (χ2v) is 10.6. The number of rotatable bonds is 8. The summed E-state index contributed by atoms with van der Waals surface area (Å²) >= 11 is 0. The van der Waals surface area contributed by atoms with E-state index >= 15 is 4.39 Å². The number of carbonyl (C=O) groups excluding carboxylic acids is 3. The van der Waals surface area contributed by atoms with Gasteiger partial charge in [0.05, 0.1) is 5.69 Å². The van der Waals surface area contributed by atoms with Crippen LogP contribution in [0.25, 0.3) is 0 Å². The molecule has 1 saturated heterocycles. The molecule has 3 heterocycles. The Kier molecular flexibility index (Phi) is 8.52. The van der Waals surface area contributed by atoms with Crippen LogP contribution in [0.4, 0.5) is 36.6 Å². The molecule has 0 saturated carbocycles. The van der Waals surface area contributed by atoms with Gasteiger partial charge in [0.1, 0.15) is 29.1 Å². The van der Waals surface area contributed by atoms with E-state index in [-0.39, 0.29) is 29.7 Å². The van der Waals surface area contributed by atoms with Crippen LogP contribution >= 0.6 is 0 Å². The van der Waals surface area contributed by atoms with Crippen LogP contribution in [0.3, 0.4) is 0 Å². The van der Waals surface area contributed by atoms with Crippen LogP contribution in [0.2, 0.25) is 0 Å². The molecule has 2 N–H and O–H groups in total. The number of hydrogen-bond donors (Lipinski definition) is 2. The van der Waals surface area contributed by atoms with Gasteiger partial charge in [-0.3, -0.25) is 9.59 Å². The van der Waals surface area contributed by atoms with Crippen LogP contribution in [0.1, 0.15) is 25.0 Å². The zero-order valence-corrected chi connectivity index (χ0v) is 24.5. The predicted octanol–water partition coefficient (Wildman–Crippen LogP) is 6.34. The number of hydrogen-bond acceptors (Lipinski definition) is 7. The summed E-state index contributed by atoms with van der Waals surface area (Å²) in [6.45, 7) is 7.27. The van der Waals surface area contributed by atoms with Crippen LogP contribution in [0, 0.1) is 31.4 Å². The Bertz CT molecular complexity index is 1730. The molecule has 2 aromatic heterocycles. The Morgan fingerprint density at radius 3 is 2.36 bits per heavy atom. The zero-order chi connectivity index (χ0) is 31.5. The molecule has 4 aromatic rings. The molecular formula is C32H30F2N6O4. The molecule has 0 spiro atoms. The first kappa shape index (κ1) is 30.1. The van der Waals surface area contributed by atoms with Crippen molar-refractivity contribution in [1.29, 1.82) is 0 Å². The average molecular weight is 601 g/mol. The van der Waals surface area contributed by atoms with Gasteiger partial charge in [0, 0.05) is 42.8 Å². The third-order valence-electron chi connectivity index (χ3n) is 7.15. The average Bonchev–Trinajstić information content (AvgIpc) is 2.97. The monoisotopic (exact) mass is 600 g/mol. The molecule has 0 bridgehead atoms. The zero-order valence-electron chi connectivity index (χ0n) is 24.5. The number of anilines is 4. The maximum Gasteiger partial charge on any atom is 0.331 e. The Morgan fingerprint density at radius 2 is 1.68 bits per heavy atom. The van der Waals surface area contributed by atoms with E-state index in [9.17, 15) is 18.8 Å². The fourth-order valence-electron chi connectivity index (χ4n) is 4.57. The number of ether oxygens (including phenoxy) is 1. The topological polar surface area (TPSA) is 117 Å². The van der Waals surface area contributed by atoms with E-state index in [0.29, 0.717) is 17.4 Å².